The van der Waals surface area contributed by atoms with E-state index in [0.29, 0.717) is 0 Å². The SMILES string of the molecule is Cc1c(Br)ccc(-c2ccc(Br)cc2)c1C. The van der Waals surface area contributed by atoms with E-state index in [9.17, 15) is 0 Å². The third kappa shape index (κ3) is 2.23. The van der Waals surface area contributed by atoms with Gasteiger partial charge in [0.05, 0.1) is 0 Å². The molecule has 0 saturated carbocycles. The molecular formula is C14H12Br2. The van der Waals surface area contributed by atoms with Crippen molar-refractivity contribution in [3.63, 3.8) is 0 Å². The highest BCUT2D eigenvalue weighted by molar-refractivity contribution is 9.10. The van der Waals surface area contributed by atoms with Gasteiger partial charge in [0.25, 0.3) is 0 Å². The molecule has 0 aliphatic rings. The van der Waals surface area contributed by atoms with Gasteiger partial charge in [-0.3, -0.25) is 0 Å². The first-order valence-electron chi connectivity index (χ1n) is 5.11. The molecule has 2 heteroatoms. The largest absolute Gasteiger partial charge is 0.0533 e. The summed E-state index contributed by atoms with van der Waals surface area (Å²) in [6.07, 6.45) is 0. The monoisotopic (exact) mass is 338 g/mol. The van der Waals surface area contributed by atoms with Crippen LogP contribution in [0.1, 0.15) is 11.1 Å². The van der Waals surface area contributed by atoms with Crippen LogP contribution in [0.4, 0.5) is 0 Å². The van der Waals surface area contributed by atoms with Crippen LogP contribution in [0.2, 0.25) is 0 Å². The highest BCUT2D eigenvalue weighted by atomic mass is 79.9. The zero-order valence-electron chi connectivity index (χ0n) is 9.22. The minimum Gasteiger partial charge on any atom is -0.0533 e. The van der Waals surface area contributed by atoms with Gasteiger partial charge in [0.15, 0.2) is 0 Å². The van der Waals surface area contributed by atoms with E-state index in [1.807, 2.05) is 0 Å². The Morgan fingerprint density at radius 1 is 0.750 bits per heavy atom. The van der Waals surface area contributed by atoms with Crippen LogP contribution < -0.4 is 0 Å². The average Bonchev–Trinajstić information content (AvgIpc) is 2.28. The van der Waals surface area contributed by atoms with Crippen molar-refractivity contribution >= 4 is 31.9 Å². The van der Waals surface area contributed by atoms with E-state index in [-0.39, 0.29) is 0 Å². The van der Waals surface area contributed by atoms with Gasteiger partial charge in [-0.25, -0.2) is 0 Å². The molecule has 0 heterocycles. The summed E-state index contributed by atoms with van der Waals surface area (Å²) in [6, 6.07) is 12.7. The lowest BCUT2D eigenvalue weighted by Gasteiger charge is -2.10. The molecule has 0 spiro atoms. The van der Waals surface area contributed by atoms with Crippen molar-refractivity contribution < 1.29 is 0 Å². The molecule has 0 fully saturated rings. The fraction of sp³-hybridized carbons (Fsp3) is 0.143. The molecule has 0 aliphatic carbocycles. The van der Waals surface area contributed by atoms with Crippen molar-refractivity contribution in [3.05, 3.63) is 56.5 Å². The summed E-state index contributed by atoms with van der Waals surface area (Å²) in [6.45, 7) is 4.30. The lowest BCUT2D eigenvalue weighted by Crippen LogP contribution is -1.88. The van der Waals surface area contributed by atoms with Crippen molar-refractivity contribution in [1.82, 2.24) is 0 Å². The molecule has 0 atom stereocenters. The minimum absolute atomic E-state index is 1.11. The molecule has 16 heavy (non-hydrogen) atoms. The third-order valence-electron chi connectivity index (χ3n) is 2.88. The third-order valence-corrected chi connectivity index (χ3v) is 4.26. The van der Waals surface area contributed by atoms with Crippen LogP contribution in [-0.4, -0.2) is 0 Å². The number of benzene rings is 2. The Labute approximate surface area is 113 Å². The Bertz CT molecular complexity index is 513. The zero-order valence-corrected chi connectivity index (χ0v) is 12.4. The predicted octanol–water partition coefficient (Wildman–Crippen LogP) is 5.50. The van der Waals surface area contributed by atoms with E-state index in [1.54, 1.807) is 0 Å². The fourth-order valence-electron chi connectivity index (χ4n) is 1.73. The maximum Gasteiger partial charge on any atom is 0.0207 e. The predicted molar refractivity (Wildman–Crippen MR) is 76.8 cm³/mol. The van der Waals surface area contributed by atoms with Crippen molar-refractivity contribution in [2.24, 2.45) is 0 Å². The molecule has 0 nitrogen and oxygen atoms in total. The summed E-state index contributed by atoms with van der Waals surface area (Å²) in [4.78, 5) is 0. The van der Waals surface area contributed by atoms with Gasteiger partial charge in [-0.15, -0.1) is 0 Å². The number of hydrogen-bond donors (Lipinski definition) is 0. The van der Waals surface area contributed by atoms with Crippen LogP contribution in [0.3, 0.4) is 0 Å². The van der Waals surface area contributed by atoms with Gasteiger partial charge >= 0.3 is 0 Å². The second-order valence-corrected chi connectivity index (χ2v) is 5.62. The number of halogens is 2. The topological polar surface area (TPSA) is 0 Å². The summed E-state index contributed by atoms with van der Waals surface area (Å²) < 4.78 is 2.29. The molecule has 2 aromatic carbocycles. The lowest BCUT2D eigenvalue weighted by atomic mass is 9.97. The molecule has 0 amide bonds. The van der Waals surface area contributed by atoms with E-state index >= 15 is 0 Å². The van der Waals surface area contributed by atoms with Crippen molar-refractivity contribution in [2.45, 2.75) is 13.8 Å². The summed E-state index contributed by atoms with van der Waals surface area (Å²) in [5.74, 6) is 0. The summed E-state index contributed by atoms with van der Waals surface area (Å²) in [7, 11) is 0. The van der Waals surface area contributed by atoms with Gasteiger partial charge in [-0.2, -0.15) is 0 Å². The summed E-state index contributed by atoms with van der Waals surface area (Å²) >= 11 is 7.01. The Hall–Kier alpha value is -0.600. The first kappa shape index (κ1) is 11.9. The van der Waals surface area contributed by atoms with Crippen LogP contribution in [0.25, 0.3) is 11.1 Å². The van der Waals surface area contributed by atoms with E-state index in [1.165, 1.54) is 26.7 Å². The van der Waals surface area contributed by atoms with Crippen molar-refractivity contribution in [2.75, 3.05) is 0 Å². The number of hydrogen-bond acceptors (Lipinski definition) is 0. The molecule has 0 aliphatic heterocycles. The van der Waals surface area contributed by atoms with Gasteiger partial charge in [0, 0.05) is 8.95 Å². The maximum absolute atomic E-state index is 3.56. The molecule has 0 unspecified atom stereocenters. The Morgan fingerprint density at radius 2 is 1.38 bits per heavy atom. The molecule has 82 valence electrons. The van der Waals surface area contributed by atoms with E-state index in [0.717, 1.165) is 4.47 Å². The molecule has 0 N–H and O–H groups in total. The number of rotatable bonds is 1. The van der Waals surface area contributed by atoms with E-state index in [2.05, 4.69) is 82.1 Å². The Kier molecular flexibility index (Phi) is 3.50. The first-order chi connectivity index (χ1) is 7.59. The zero-order chi connectivity index (χ0) is 11.7. The lowest BCUT2D eigenvalue weighted by molar-refractivity contribution is 1.31. The molecule has 2 rings (SSSR count). The smallest absolute Gasteiger partial charge is 0.0207 e. The summed E-state index contributed by atoms with van der Waals surface area (Å²) in [5.41, 5.74) is 5.20. The Balaban J connectivity index is 2.57. The van der Waals surface area contributed by atoms with Crippen LogP contribution >= 0.6 is 31.9 Å². The average molecular weight is 340 g/mol. The fourth-order valence-corrected chi connectivity index (χ4v) is 2.42. The van der Waals surface area contributed by atoms with Crippen LogP contribution in [0.5, 0.6) is 0 Å². The van der Waals surface area contributed by atoms with Crippen LogP contribution in [0, 0.1) is 13.8 Å². The molecular weight excluding hydrogens is 328 g/mol. The molecule has 0 saturated heterocycles. The normalized spacial score (nSPS) is 10.5. The Morgan fingerprint density at radius 3 is 2.00 bits per heavy atom. The van der Waals surface area contributed by atoms with Crippen LogP contribution in [-0.2, 0) is 0 Å². The van der Waals surface area contributed by atoms with Crippen molar-refractivity contribution in [3.8, 4) is 11.1 Å². The quantitative estimate of drug-likeness (QED) is 0.644. The second kappa shape index (κ2) is 4.72. The van der Waals surface area contributed by atoms with Gasteiger partial charge in [0.2, 0.25) is 0 Å². The molecule has 0 bridgehead atoms. The summed E-state index contributed by atoms with van der Waals surface area (Å²) in [5, 5.41) is 0. The standard InChI is InChI=1S/C14H12Br2/c1-9-10(2)14(16)8-7-13(9)11-3-5-12(15)6-4-11/h3-8H,1-2H3. The second-order valence-electron chi connectivity index (χ2n) is 3.85. The van der Waals surface area contributed by atoms with Gasteiger partial charge in [0.1, 0.15) is 0 Å². The first-order valence-corrected chi connectivity index (χ1v) is 6.70. The maximum atomic E-state index is 3.56. The molecule has 0 radical (unpaired) electrons. The minimum atomic E-state index is 1.11. The van der Waals surface area contributed by atoms with Gasteiger partial charge in [-0.05, 0) is 54.3 Å². The molecule has 2 aromatic rings. The van der Waals surface area contributed by atoms with Gasteiger partial charge in [-0.1, -0.05) is 50.1 Å². The van der Waals surface area contributed by atoms with Crippen LogP contribution in [0.15, 0.2) is 45.3 Å². The highest BCUT2D eigenvalue weighted by Crippen LogP contribution is 2.30. The highest BCUT2D eigenvalue weighted by Gasteiger charge is 2.06. The molecule has 0 aromatic heterocycles. The van der Waals surface area contributed by atoms with E-state index in [4.69, 9.17) is 0 Å². The van der Waals surface area contributed by atoms with E-state index < -0.39 is 0 Å². The van der Waals surface area contributed by atoms with Crippen molar-refractivity contribution in [1.29, 1.82) is 0 Å². The van der Waals surface area contributed by atoms with Gasteiger partial charge < -0.3 is 0 Å².